The Bertz CT molecular complexity index is 685. The molecule has 0 aliphatic carbocycles. The zero-order valence-electron chi connectivity index (χ0n) is 14.1. The van der Waals surface area contributed by atoms with E-state index in [9.17, 15) is 4.79 Å². The number of aromatic nitrogens is 2. The summed E-state index contributed by atoms with van der Waals surface area (Å²) in [6.07, 6.45) is 3.93. The van der Waals surface area contributed by atoms with Crippen molar-refractivity contribution in [2.75, 3.05) is 13.2 Å². The summed E-state index contributed by atoms with van der Waals surface area (Å²) in [6, 6.07) is 7.74. The quantitative estimate of drug-likeness (QED) is 0.884. The number of rotatable bonds is 6. The number of hydrogen-bond donors (Lipinski definition) is 1. The van der Waals surface area contributed by atoms with Gasteiger partial charge in [0.15, 0.2) is 6.73 Å². The van der Waals surface area contributed by atoms with Crippen LogP contribution in [0.3, 0.4) is 0 Å². The van der Waals surface area contributed by atoms with Gasteiger partial charge in [0, 0.05) is 19.3 Å². The van der Waals surface area contributed by atoms with Crippen molar-refractivity contribution >= 4 is 5.91 Å². The van der Waals surface area contributed by atoms with Crippen LogP contribution in [0.15, 0.2) is 30.5 Å². The number of amides is 1. The summed E-state index contributed by atoms with van der Waals surface area (Å²) in [7, 11) is 0. The average molecular weight is 329 g/mol. The molecular weight excluding hydrogens is 306 g/mol. The van der Waals surface area contributed by atoms with E-state index in [2.05, 4.69) is 16.5 Å². The molecule has 1 aromatic heterocycles. The van der Waals surface area contributed by atoms with E-state index in [0.717, 1.165) is 36.3 Å². The lowest BCUT2D eigenvalue weighted by atomic mass is 10.1. The minimum absolute atomic E-state index is 0.129. The van der Waals surface area contributed by atoms with Gasteiger partial charge in [-0.3, -0.25) is 4.79 Å². The molecule has 1 aromatic carbocycles. The molecule has 1 amide bonds. The molecule has 1 aliphatic heterocycles. The fraction of sp³-hybridized carbons (Fsp3) is 0.444. The Kier molecular flexibility index (Phi) is 5.15. The summed E-state index contributed by atoms with van der Waals surface area (Å²) in [5.41, 5.74) is 2.69. The first-order valence-corrected chi connectivity index (χ1v) is 8.24. The topological polar surface area (TPSA) is 65.4 Å². The van der Waals surface area contributed by atoms with Crippen LogP contribution in [0.1, 0.15) is 34.5 Å². The number of carbonyl (C=O) groups is 1. The molecule has 2 heterocycles. The van der Waals surface area contributed by atoms with Crippen LogP contribution in [-0.4, -0.2) is 34.9 Å². The summed E-state index contributed by atoms with van der Waals surface area (Å²) < 4.78 is 12.8. The molecule has 0 radical (unpaired) electrons. The largest absolute Gasteiger partial charge is 0.471 e. The van der Waals surface area contributed by atoms with Gasteiger partial charge in [0.1, 0.15) is 11.4 Å². The molecule has 3 rings (SSSR count). The lowest BCUT2D eigenvalue weighted by Crippen LogP contribution is -2.32. The monoisotopic (exact) mass is 329 g/mol. The van der Waals surface area contributed by atoms with Crippen LogP contribution in [0.5, 0.6) is 5.75 Å². The molecule has 24 heavy (non-hydrogen) atoms. The average Bonchev–Trinajstić information content (AvgIpc) is 3.21. The van der Waals surface area contributed by atoms with Crippen molar-refractivity contribution in [1.82, 2.24) is 15.1 Å². The van der Waals surface area contributed by atoms with Crippen molar-refractivity contribution in [1.29, 1.82) is 0 Å². The Morgan fingerprint density at radius 2 is 2.17 bits per heavy atom. The van der Waals surface area contributed by atoms with Crippen molar-refractivity contribution in [3.63, 3.8) is 0 Å². The summed E-state index contributed by atoms with van der Waals surface area (Å²) in [5.74, 6) is 0.614. The van der Waals surface area contributed by atoms with E-state index in [1.807, 2.05) is 26.0 Å². The first kappa shape index (κ1) is 16.5. The number of nitrogens with one attached hydrogen (secondary N) is 1. The van der Waals surface area contributed by atoms with Crippen molar-refractivity contribution in [3.8, 4) is 5.75 Å². The van der Waals surface area contributed by atoms with E-state index in [4.69, 9.17) is 9.47 Å². The number of ether oxygens (including phenoxy) is 2. The highest BCUT2D eigenvalue weighted by Crippen LogP contribution is 2.16. The molecule has 6 heteroatoms. The van der Waals surface area contributed by atoms with Gasteiger partial charge in [0.05, 0.1) is 6.10 Å². The second-order valence-corrected chi connectivity index (χ2v) is 6.18. The van der Waals surface area contributed by atoms with Crippen LogP contribution >= 0.6 is 0 Å². The van der Waals surface area contributed by atoms with Gasteiger partial charge in [-0.2, -0.15) is 5.10 Å². The fourth-order valence-corrected chi connectivity index (χ4v) is 2.81. The van der Waals surface area contributed by atoms with Crippen molar-refractivity contribution < 1.29 is 14.3 Å². The number of aryl methyl sites for hydroxylation is 2. The van der Waals surface area contributed by atoms with Crippen molar-refractivity contribution in [3.05, 3.63) is 47.3 Å². The summed E-state index contributed by atoms with van der Waals surface area (Å²) in [6.45, 7) is 5.64. The van der Waals surface area contributed by atoms with E-state index in [0.29, 0.717) is 12.2 Å². The van der Waals surface area contributed by atoms with Crippen LogP contribution in [0.2, 0.25) is 0 Å². The predicted molar refractivity (Wildman–Crippen MR) is 90.1 cm³/mol. The Hall–Kier alpha value is -2.34. The van der Waals surface area contributed by atoms with Crippen LogP contribution in [0.25, 0.3) is 0 Å². The van der Waals surface area contributed by atoms with Crippen LogP contribution in [0.4, 0.5) is 0 Å². The maximum absolute atomic E-state index is 12.1. The predicted octanol–water partition coefficient (Wildman–Crippen LogP) is 2.45. The standard InChI is InChI=1S/C18H23N3O3/c1-13-8-14(2)10-16(9-13)24-12-21-6-5-17(20-21)18(22)19-11-15-4-3-7-23-15/h5-6,8-10,15H,3-4,7,11-12H2,1-2H3,(H,19,22)/t15-/m1/s1. The lowest BCUT2D eigenvalue weighted by molar-refractivity contribution is 0.0852. The van der Waals surface area contributed by atoms with Gasteiger partial charge in [-0.15, -0.1) is 0 Å². The molecule has 1 N–H and O–H groups in total. The molecule has 1 fully saturated rings. The van der Waals surface area contributed by atoms with Gasteiger partial charge in [-0.1, -0.05) is 6.07 Å². The van der Waals surface area contributed by atoms with Crippen molar-refractivity contribution in [2.45, 2.75) is 39.5 Å². The van der Waals surface area contributed by atoms with Crippen LogP contribution < -0.4 is 10.1 Å². The molecule has 0 spiro atoms. The minimum Gasteiger partial charge on any atom is -0.471 e. The Labute approximate surface area is 141 Å². The zero-order valence-corrected chi connectivity index (χ0v) is 14.1. The number of hydrogen-bond acceptors (Lipinski definition) is 4. The molecule has 2 aromatic rings. The Morgan fingerprint density at radius 1 is 1.38 bits per heavy atom. The highest BCUT2D eigenvalue weighted by atomic mass is 16.5. The molecule has 128 valence electrons. The smallest absolute Gasteiger partial charge is 0.271 e. The van der Waals surface area contributed by atoms with E-state index in [1.165, 1.54) is 0 Å². The molecule has 0 unspecified atom stereocenters. The molecule has 1 saturated heterocycles. The second kappa shape index (κ2) is 7.49. The van der Waals surface area contributed by atoms with Crippen LogP contribution in [-0.2, 0) is 11.5 Å². The summed E-state index contributed by atoms with van der Waals surface area (Å²) in [4.78, 5) is 12.1. The van der Waals surface area contributed by atoms with E-state index < -0.39 is 0 Å². The third-order valence-corrected chi connectivity index (χ3v) is 3.95. The van der Waals surface area contributed by atoms with Crippen LogP contribution in [0, 0.1) is 13.8 Å². The van der Waals surface area contributed by atoms with E-state index in [-0.39, 0.29) is 18.7 Å². The normalized spacial score (nSPS) is 17.0. The molecular formula is C18H23N3O3. The summed E-state index contributed by atoms with van der Waals surface area (Å²) in [5, 5.41) is 7.12. The maximum atomic E-state index is 12.1. The molecule has 6 nitrogen and oxygen atoms in total. The Morgan fingerprint density at radius 3 is 2.88 bits per heavy atom. The van der Waals surface area contributed by atoms with Gasteiger partial charge in [-0.25, -0.2) is 4.68 Å². The van der Waals surface area contributed by atoms with E-state index in [1.54, 1.807) is 16.9 Å². The summed E-state index contributed by atoms with van der Waals surface area (Å²) >= 11 is 0. The van der Waals surface area contributed by atoms with E-state index >= 15 is 0 Å². The third-order valence-electron chi connectivity index (χ3n) is 3.95. The molecule has 1 aliphatic rings. The third kappa shape index (κ3) is 4.35. The second-order valence-electron chi connectivity index (χ2n) is 6.18. The fourth-order valence-electron chi connectivity index (χ4n) is 2.81. The van der Waals surface area contributed by atoms with Gasteiger partial charge in [-0.05, 0) is 56.0 Å². The maximum Gasteiger partial charge on any atom is 0.271 e. The molecule has 0 saturated carbocycles. The van der Waals surface area contributed by atoms with Gasteiger partial charge in [0.2, 0.25) is 0 Å². The highest BCUT2D eigenvalue weighted by molar-refractivity contribution is 5.92. The zero-order chi connectivity index (χ0) is 16.9. The van der Waals surface area contributed by atoms with Crippen molar-refractivity contribution in [2.24, 2.45) is 0 Å². The number of benzene rings is 1. The first-order chi connectivity index (χ1) is 11.6. The lowest BCUT2D eigenvalue weighted by Gasteiger charge is -2.10. The number of nitrogens with zero attached hydrogens (tertiary/aromatic N) is 2. The first-order valence-electron chi connectivity index (χ1n) is 8.24. The van der Waals surface area contributed by atoms with Gasteiger partial charge < -0.3 is 14.8 Å². The van der Waals surface area contributed by atoms with Gasteiger partial charge >= 0.3 is 0 Å². The molecule has 1 atom stereocenters. The number of carbonyl (C=O) groups excluding carboxylic acids is 1. The minimum atomic E-state index is -0.185. The molecule has 0 bridgehead atoms. The van der Waals surface area contributed by atoms with Gasteiger partial charge in [0.25, 0.3) is 5.91 Å². The highest BCUT2D eigenvalue weighted by Gasteiger charge is 2.17. The Balaban J connectivity index is 1.51. The SMILES string of the molecule is Cc1cc(C)cc(OCn2ccc(C(=O)NC[C@H]3CCCO3)n2)c1.